The molecule has 120 valence electrons. The molecule has 0 bridgehead atoms. The summed E-state index contributed by atoms with van der Waals surface area (Å²) in [5.74, 6) is 0. The summed E-state index contributed by atoms with van der Waals surface area (Å²) in [6.45, 7) is 6.04. The number of carbonyl (C=O) groups is 1. The van der Waals surface area contributed by atoms with E-state index in [-0.39, 0.29) is 34.5 Å². The molecule has 6 heteroatoms. The van der Waals surface area contributed by atoms with Crippen molar-refractivity contribution in [3.63, 3.8) is 0 Å². The minimum absolute atomic E-state index is 0. The van der Waals surface area contributed by atoms with Crippen molar-refractivity contribution in [1.82, 2.24) is 0 Å². The maximum atomic E-state index is 11.7. The molecule has 0 amide bonds. The second-order valence-electron chi connectivity index (χ2n) is 5.02. The molecule has 2 aromatic carbocycles. The van der Waals surface area contributed by atoms with Crippen molar-refractivity contribution in [1.29, 1.82) is 0 Å². The van der Waals surface area contributed by atoms with E-state index in [0.717, 1.165) is 30.2 Å². The molecule has 0 saturated heterocycles. The van der Waals surface area contributed by atoms with Crippen molar-refractivity contribution in [2.24, 2.45) is 0 Å². The molecule has 2 rings (SSSR count). The van der Waals surface area contributed by atoms with Gasteiger partial charge >= 0.3 is 29.6 Å². The van der Waals surface area contributed by atoms with Crippen molar-refractivity contribution in [3.05, 3.63) is 41.5 Å². The summed E-state index contributed by atoms with van der Waals surface area (Å²) in [6, 6.07) is 9.23. The number of fused-ring (bicyclic) bond motifs is 1. The summed E-state index contributed by atoms with van der Waals surface area (Å²) in [5.41, 5.74) is 1.70. The number of hydrogen-bond acceptors (Lipinski definition) is 4. The largest absolute Gasteiger partial charge is 1.00 e. The van der Waals surface area contributed by atoms with E-state index in [1.807, 2.05) is 31.9 Å². The second-order valence-corrected chi connectivity index (χ2v) is 6.34. The molecule has 23 heavy (non-hydrogen) atoms. The fourth-order valence-corrected chi connectivity index (χ4v) is 3.71. The maximum absolute atomic E-state index is 11.7. The molecule has 0 N–H and O–H groups in total. The minimum Gasteiger partial charge on any atom is -0.744 e. The van der Waals surface area contributed by atoms with Gasteiger partial charge < -0.3 is 9.35 Å². The quantitative estimate of drug-likeness (QED) is 0.584. The van der Waals surface area contributed by atoms with Gasteiger partial charge in [-0.2, -0.15) is 0 Å². The zero-order valence-corrected chi connectivity index (χ0v) is 16.8. The number of carbonyl (C=O) groups excluding carboxylic acids is 1. The third-order valence-electron chi connectivity index (χ3n) is 3.47. The van der Waals surface area contributed by atoms with Gasteiger partial charge in [-0.25, -0.2) is 8.42 Å². The van der Waals surface area contributed by atoms with Crippen LogP contribution in [-0.4, -0.2) is 19.8 Å². The standard InChI is InChI=1S/C16H20O3S.CH2O.Na/c1-3-7-12-11-13-9-5-6-10-15(13)16(20(17,18)19)14(12)8-4-2;1-2;/h5-6,9-11H,3-4,7-8H2,1-2H3,(H,17,18,19);1H2;/q;;+1/p-1. The van der Waals surface area contributed by atoms with Crippen LogP contribution in [0.4, 0.5) is 0 Å². The Morgan fingerprint density at radius 1 is 1.04 bits per heavy atom. The van der Waals surface area contributed by atoms with Crippen molar-refractivity contribution < 1.29 is 47.3 Å². The van der Waals surface area contributed by atoms with Gasteiger partial charge in [0.25, 0.3) is 0 Å². The van der Waals surface area contributed by atoms with Gasteiger partial charge in [-0.15, -0.1) is 0 Å². The fourth-order valence-electron chi connectivity index (χ4n) is 2.71. The molecule has 0 spiro atoms. The first-order chi connectivity index (χ1) is 10.5. The predicted octanol–water partition coefficient (Wildman–Crippen LogP) is 0.468. The Balaban J connectivity index is 0.00000155. The van der Waals surface area contributed by atoms with Gasteiger partial charge in [0.2, 0.25) is 0 Å². The van der Waals surface area contributed by atoms with E-state index < -0.39 is 10.1 Å². The molecular weight excluding hydrogens is 323 g/mol. The average molecular weight is 344 g/mol. The summed E-state index contributed by atoms with van der Waals surface area (Å²) >= 11 is 0. The van der Waals surface area contributed by atoms with Gasteiger partial charge in [0, 0.05) is 0 Å². The van der Waals surface area contributed by atoms with Crippen LogP contribution >= 0.6 is 0 Å². The average Bonchev–Trinajstić information content (AvgIpc) is 2.49. The Morgan fingerprint density at radius 3 is 2.13 bits per heavy atom. The van der Waals surface area contributed by atoms with Crippen LogP contribution in [0.15, 0.2) is 35.2 Å². The van der Waals surface area contributed by atoms with Gasteiger partial charge in [0.15, 0.2) is 0 Å². The Kier molecular flexibility index (Phi) is 9.89. The number of rotatable bonds is 5. The molecule has 0 aliphatic heterocycles. The number of aryl methyl sites for hydroxylation is 1. The first-order valence-electron chi connectivity index (χ1n) is 7.27. The fraction of sp³-hybridized carbons (Fsp3) is 0.353. The first-order valence-corrected chi connectivity index (χ1v) is 8.68. The van der Waals surface area contributed by atoms with E-state index in [1.54, 1.807) is 12.1 Å². The third-order valence-corrected chi connectivity index (χ3v) is 4.43. The van der Waals surface area contributed by atoms with E-state index in [2.05, 4.69) is 6.92 Å². The van der Waals surface area contributed by atoms with Crippen molar-refractivity contribution in [3.8, 4) is 0 Å². The van der Waals surface area contributed by atoms with Crippen LogP contribution in [0, 0.1) is 0 Å². The topological polar surface area (TPSA) is 74.3 Å². The van der Waals surface area contributed by atoms with Crippen molar-refractivity contribution >= 4 is 27.7 Å². The monoisotopic (exact) mass is 344 g/mol. The van der Waals surface area contributed by atoms with Gasteiger partial charge in [-0.3, -0.25) is 0 Å². The van der Waals surface area contributed by atoms with Gasteiger partial charge in [0.1, 0.15) is 16.9 Å². The maximum Gasteiger partial charge on any atom is 1.00 e. The smallest absolute Gasteiger partial charge is 0.744 e. The second kappa shape index (κ2) is 10.2. The van der Waals surface area contributed by atoms with Crippen LogP contribution in [0.2, 0.25) is 0 Å². The molecule has 0 saturated carbocycles. The summed E-state index contributed by atoms with van der Waals surface area (Å²) in [5, 5.41) is 1.37. The van der Waals surface area contributed by atoms with Crippen LogP contribution in [0.5, 0.6) is 0 Å². The van der Waals surface area contributed by atoms with Crippen molar-refractivity contribution in [2.45, 2.75) is 44.4 Å². The van der Waals surface area contributed by atoms with E-state index in [1.165, 1.54) is 0 Å². The molecule has 0 fully saturated rings. The Labute approximate surface area is 160 Å². The molecule has 0 heterocycles. The summed E-state index contributed by atoms with van der Waals surface area (Å²) < 4.78 is 35.2. The van der Waals surface area contributed by atoms with E-state index in [9.17, 15) is 13.0 Å². The number of benzene rings is 2. The van der Waals surface area contributed by atoms with Crippen molar-refractivity contribution in [2.75, 3.05) is 0 Å². The molecule has 0 atom stereocenters. The first kappa shape index (κ1) is 22.3. The van der Waals surface area contributed by atoms with Crippen LogP contribution in [0.3, 0.4) is 0 Å². The van der Waals surface area contributed by atoms with Crippen LogP contribution < -0.4 is 29.6 Å². The van der Waals surface area contributed by atoms with E-state index in [0.29, 0.717) is 17.4 Å². The van der Waals surface area contributed by atoms with Gasteiger partial charge in [0.05, 0.1) is 4.90 Å². The van der Waals surface area contributed by atoms with Crippen LogP contribution in [-0.2, 0) is 27.8 Å². The molecular formula is C17H21NaO4S. The van der Waals surface area contributed by atoms with Gasteiger partial charge in [-0.05, 0) is 34.7 Å². The minimum atomic E-state index is -4.47. The molecule has 4 nitrogen and oxygen atoms in total. The van der Waals surface area contributed by atoms with Crippen LogP contribution in [0.25, 0.3) is 10.8 Å². The Bertz CT molecular complexity index is 742. The van der Waals surface area contributed by atoms with Crippen LogP contribution in [0.1, 0.15) is 37.8 Å². The molecule has 0 unspecified atom stereocenters. The third kappa shape index (κ3) is 5.40. The van der Waals surface area contributed by atoms with E-state index in [4.69, 9.17) is 4.79 Å². The SMILES string of the molecule is C=O.CCCc1cc2ccccc2c(S(=O)(=O)[O-])c1CCC.[Na+]. The Hall–Kier alpha value is -0.720. The normalized spacial score (nSPS) is 10.6. The van der Waals surface area contributed by atoms with Gasteiger partial charge in [-0.1, -0.05) is 57.0 Å². The molecule has 0 aliphatic rings. The zero-order chi connectivity index (χ0) is 16.8. The summed E-state index contributed by atoms with van der Waals surface area (Å²) in [4.78, 5) is 7.99. The van der Waals surface area contributed by atoms with E-state index >= 15 is 0 Å². The molecule has 2 aromatic rings. The molecule has 0 aliphatic carbocycles. The summed E-state index contributed by atoms with van der Waals surface area (Å²) in [7, 11) is -4.47. The molecule has 0 radical (unpaired) electrons. The zero-order valence-electron chi connectivity index (χ0n) is 14.0. The Morgan fingerprint density at radius 2 is 1.61 bits per heavy atom. The summed E-state index contributed by atoms with van der Waals surface area (Å²) in [6.07, 6.45) is 3.16. The number of hydrogen-bond donors (Lipinski definition) is 0. The predicted molar refractivity (Wildman–Crippen MR) is 87.0 cm³/mol. The molecule has 0 aromatic heterocycles.